The molecule has 4 aliphatic carbocycles. The van der Waals surface area contributed by atoms with Gasteiger partial charge in [0.15, 0.2) is 0 Å². The Hall–Kier alpha value is -0.890. The third-order valence-electron chi connectivity index (χ3n) is 7.91. The highest BCUT2D eigenvalue weighted by Gasteiger charge is 2.58. The zero-order valence-corrected chi connectivity index (χ0v) is 13.7. The number of hydrogen-bond donors (Lipinski definition) is 0. The van der Waals surface area contributed by atoms with Crippen molar-refractivity contribution in [2.24, 2.45) is 28.6 Å². The Morgan fingerprint density at radius 1 is 1.09 bits per heavy atom. The number of rotatable bonds is 0. The summed E-state index contributed by atoms with van der Waals surface area (Å²) < 4.78 is 5.68. The summed E-state index contributed by atoms with van der Waals surface area (Å²) >= 11 is 0. The summed E-state index contributed by atoms with van der Waals surface area (Å²) in [7, 11) is 0. The molecule has 0 bridgehead atoms. The van der Waals surface area contributed by atoms with E-state index in [0.29, 0.717) is 23.9 Å². The summed E-state index contributed by atoms with van der Waals surface area (Å²) in [6, 6.07) is 0. The summed E-state index contributed by atoms with van der Waals surface area (Å²) in [4.78, 5) is 12.4. The fraction of sp³-hybridized carbons (Fsp3) is 0.750. The van der Waals surface area contributed by atoms with E-state index >= 15 is 0 Å². The zero-order valence-electron chi connectivity index (χ0n) is 13.7. The molecule has 1 saturated heterocycles. The largest absolute Gasteiger partial charge is 0.361 e. The van der Waals surface area contributed by atoms with Gasteiger partial charge in [-0.3, -0.25) is 4.79 Å². The third-order valence-corrected chi connectivity index (χ3v) is 7.91. The first-order valence-corrected chi connectivity index (χ1v) is 9.12. The second-order valence-corrected chi connectivity index (χ2v) is 8.73. The van der Waals surface area contributed by atoms with Gasteiger partial charge < -0.3 is 4.74 Å². The number of epoxide rings is 1. The lowest BCUT2D eigenvalue weighted by atomic mass is 9.49. The molecular formula is C20H26O2. The minimum Gasteiger partial charge on any atom is -0.361 e. The van der Waals surface area contributed by atoms with Gasteiger partial charge in [0, 0.05) is 17.3 Å². The fourth-order valence-corrected chi connectivity index (χ4v) is 6.45. The first-order chi connectivity index (χ1) is 10.5. The van der Waals surface area contributed by atoms with Gasteiger partial charge in [0.05, 0.1) is 0 Å². The summed E-state index contributed by atoms with van der Waals surface area (Å²) in [5, 5.41) is 0. The Morgan fingerprint density at radius 3 is 2.82 bits per heavy atom. The lowest BCUT2D eigenvalue weighted by Crippen LogP contribution is -2.49. The molecule has 2 nitrogen and oxygen atoms in total. The number of allylic oxidation sites excluding steroid dienone is 2. The molecule has 1 aliphatic heterocycles. The van der Waals surface area contributed by atoms with Crippen LogP contribution in [-0.2, 0) is 9.53 Å². The molecule has 0 radical (unpaired) electrons. The highest BCUT2D eigenvalue weighted by Crippen LogP contribution is 2.63. The summed E-state index contributed by atoms with van der Waals surface area (Å²) in [5.41, 5.74) is 1.83. The van der Waals surface area contributed by atoms with Crippen molar-refractivity contribution in [3.05, 3.63) is 23.8 Å². The molecule has 5 rings (SSSR count). The molecule has 0 aromatic carbocycles. The molecule has 7 atom stereocenters. The lowest BCUT2D eigenvalue weighted by Gasteiger charge is -2.55. The van der Waals surface area contributed by atoms with Crippen molar-refractivity contribution in [2.45, 2.75) is 64.6 Å². The highest BCUT2D eigenvalue weighted by molar-refractivity contribution is 5.87. The van der Waals surface area contributed by atoms with Crippen LogP contribution >= 0.6 is 0 Å². The van der Waals surface area contributed by atoms with E-state index in [1.54, 1.807) is 5.57 Å². The van der Waals surface area contributed by atoms with Crippen LogP contribution in [0.2, 0.25) is 0 Å². The van der Waals surface area contributed by atoms with Crippen LogP contribution in [0.1, 0.15) is 52.4 Å². The SMILES string of the molecule is C[C@]12C=CC3OC3C=C1CCC1C2CC[C@]2(C)C(=O)CCC12. The van der Waals surface area contributed by atoms with Crippen molar-refractivity contribution in [3.63, 3.8) is 0 Å². The van der Waals surface area contributed by atoms with Crippen LogP contribution in [0.3, 0.4) is 0 Å². The number of fused-ring (bicyclic) bond motifs is 6. The Kier molecular flexibility index (Phi) is 2.55. The molecule has 22 heavy (non-hydrogen) atoms. The van der Waals surface area contributed by atoms with Crippen molar-refractivity contribution in [3.8, 4) is 0 Å². The van der Waals surface area contributed by atoms with Crippen LogP contribution in [0.25, 0.3) is 0 Å². The summed E-state index contributed by atoms with van der Waals surface area (Å²) in [5.74, 6) is 2.66. The molecule has 0 N–H and O–H groups in total. The molecule has 2 heteroatoms. The maximum absolute atomic E-state index is 12.4. The number of carbonyl (C=O) groups is 1. The third kappa shape index (κ3) is 1.57. The van der Waals surface area contributed by atoms with E-state index in [1.807, 2.05) is 0 Å². The van der Waals surface area contributed by atoms with Crippen molar-refractivity contribution >= 4 is 5.78 Å². The molecule has 1 heterocycles. The van der Waals surface area contributed by atoms with Gasteiger partial charge >= 0.3 is 0 Å². The first-order valence-electron chi connectivity index (χ1n) is 9.12. The molecule has 0 spiro atoms. The second-order valence-electron chi connectivity index (χ2n) is 8.73. The van der Waals surface area contributed by atoms with Crippen LogP contribution in [-0.4, -0.2) is 18.0 Å². The number of ether oxygens (including phenoxy) is 1. The molecule has 0 amide bonds. The standard InChI is InChI=1S/C20H26O2/c1-19-10-8-16-17(22-16)11-12(19)3-4-13-14-5-6-18(21)20(14,2)9-7-15(13)19/h8,10-11,13-17H,3-7,9H2,1-2H3/t13?,14?,15?,16?,17?,19-,20-/m0/s1. The quantitative estimate of drug-likeness (QED) is 0.498. The number of Topliss-reactive ketones (excluding diaryl/α,β-unsaturated/α-hetero) is 1. The van der Waals surface area contributed by atoms with Crippen LogP contribution in [0.4, 0.5) is 0 Å². The van der Waals surface area contributed by atoms with E-state index in [1.165, 1.54) is 19.3 Å². The highest BCUT2D eigenvalue weighted by atomic mass is 16.6. The van der Waals surface area contributed by atoms with Gasteiger partial charge in [0.2, 0.25) is 0 Å². The van der Waals surface area contributed by atoms with Gasteiger partial charge in [-0.2, -0.15) is 0 Å². The van der Waals surface area contributed by atoms with Gasteiger partial charge in [0.1, 0.15) is 18.0 Å². The van der Waals surface area contributed by atoms with Crippen LogP contribution < -0.4 is 0 Å². The minimum absolute atomic E-state index is 0.00155. The molecular weight excluding hydrogens is 272 g/mol. The van der Waals surface area contributed by atoms with Crippen molar-refractivity contribution in [1.29, 1.82) is 0 Å². The van der Waals surface area contributed by atoms with E-state index in [4.69, 9.17) is 4.74 Å². The van der Waals surface area contributed by atoms with Crippen molar-refractivity contribution < 1.29 is 9.53 Å². The Balaban J connectivity index is 1.54. The van der Waals surface area contributed by atoms with Crippen LogP contribution in [0.5, 0.6) is 0 Å². The Morgan fingerprint density at radius 2 is 1.95 bits per heavy atom. The first kappa shape index (κ1) is 13.5. The average Bonchev–Trinajstić information content (AvgIpc) is 3.19. The monoisotopic (exact) mass is 298 g/mol. The molecule has 0 aromatic heterocycles. The maximum atomic E-state index is 12.4. The van der Waals surface area contributed by atoms with Gasteiger partial charge in [-0.15, -0.1) is 0 Å². The zero-order chi connectivity index (χ0) is 15.1. The summed E-state index contributed by atoms with van der Waals surface area (Å²) in [6.45, 7) is 4.72. The maximum Gasteiger partial charge on any atom is 0.139 e. The Labute approximate surface area is 133 Å². The van der Waals surface area contributed by atoms with Crippen molar-refractivity contribution in [1.82, 2.24) is 0 Å². The topological polar surface area (TPSA) is 29.6 Å². The molecule has 5 unspecified atom stereocenters. The van der Waals surface area contributed by atoms with Gasteiger partial charge in [-0.1, -0.05) is 37.6 Å². The van der Waals surface area contributed by atoms with Gasteiger partial charge in [-0.25, -0.2) is 0 Å². The van der Waals surface area contributed by atoms with E-state index in [-0.39, 0.29) is 10.8 Å². The van der Waals surface area contributed by atoms with E-state index < -0.39 is 0 Å². The Bertz CT molecular complexity index is 603. The lowest BCUT2D eigenvalue weighted by molar-refractivity contribution is -0.131. The molecule has 4 fully saturated rings. The van der Waals surface area contributed by atoms with Crippen molar-refractivity contribution in [2.75, 3.05) is 0 Å². The molecule has 118 valence electrons. The van der Waals surface area contributed by atoms with Gasteiger partial charge in [0.25, 0.3) is 0 Å². The summed E-state index contributed by atoms with van der Waals surface area (Å²) in [6.07, 6.45) is 14.7. The molecule has 5 aliphatic rings. The number of ketones is 1. The number of carbonyl (C=O) groups excluding carboxylic acids is 1. The van der Waals surface area contributed by atoms with E-state index in [0.717, 1.165) is 31.1 Å². The van der Waals surface area contributed by atoms with Crippen LogP contribution in [0.15, 0.2) is 23.8 Å². The van der Waals surface area contributed by atoms with E-state index in [9.17, 15) is 4.79 Å². The smallest absolute Gasteiger partial charge is 0.139 e. The minimum atomic E-state index is -0.00155. The van der Waals surface area contributed by atoms with Gasteiger partial charge in [-0.05, 0) is 49.9 Å². The predicted molar refractivity (Wildman–Crippen MR) is 85.3 cm³/mol. The fourth-order valence-electron chi connectivity index (χ4n) is 6.45. The predicted octanol–water partition coefficient (Wildman–Crippen LogP) is 4.06. The normalized spacial score (nSPS) is 55.5. The van der Waals surface area contributed by atoms with Crippen LogP contribution in [0, 0.1) is 28.6 Å². The average molecular weight is 298 g/mol. The van der Waals surface area contributed by atoms with E-state index in [2.05, 4.69) is 32.1 Å². The second kappa shape index (κ2) is 4.14. The molecule has 3 saturated carbocycles. The number of hydrogen-bond acceptors (Lipinski definition) is 2. The molecule has 0 aromatic rings.